The van der Waals surface area contributed by atoms with E-state index in [1.54, 1.807) is 12.4 Å². The van der Waals surface area contributed by atoms with Crippen molar-refractivity contribution in [3.63, 3.8) is 0 Å². The van der Waals surface area contributed by atoms with Gasteiger partial charge in [0.25, 0.3) is 5.91 Å². The second-order valence-corrected chi connectivity index (χ2v) is 5.33. The van der Waals surface area contributed by atoms with Crippen LogP contribution in [0.25, 0.3) is 11.1 Å². The molecule has 0 spiro atoms. The summed E-state index contributed by atoms with van der Waals surface area (Å²) < 4.78 is 0. The van der Waals surface area contributed by atoms with E-state index in [9.17, 15) is 4.79 Å². The molecule has 6 heteroatoms. The molecular formula is C18H25Cl2N3O. The summed E-state index contributed by atoms with van der Waals surface area (Å²) >= 11 is 0. The van der Waals surface area contributed by atoms with Crippen LogP contribution in [0.1, 0.15) is 29.3 Å². The minimum absolute atomic E-state index is 0. The van der Waals surface area contributed by atoms with Crippen molar-refractivity contribution >= 4 is 30.7 Å². The third-order valence-electron chi connectivity index (χ3n) is 3.40. The molecule has 0 aliphatic rings. The first kappa shape index (κ1) is 22.4. The Morgan fingerprint density at radius 1 is 1.00 bits per heavy atom. The molecular weight excluding hydrogens is 345 g/mol. The number of aromatic nitrogens is 1. The van der Waals surface area contributed by atoms with E-state index in [-0.39, 0.29) is 30.7 Å². The fourth-order valence-electron chi connectivity index (χ4n) is 2.14. The lowest BCUT2D eigenvalue weighted by molar-refractivity contribution is 0.0953. The molecule has 0 radical (unpaired) electrons. The smallest absolute Gasteiger partial charge is 0.252 e. The van der Waals surface area contributed by atoms with E-state index in [0.29, 0.717) is 12.1 Å². The van der Waals surface area contributed by atoms with Crippen LogP contribution >= 0.6 is 24.8 Å². The molecule has 0 fully saturated rings. The zero-order chi connectivity index (χ0) is 15.8. The Hall–Kier alpha value is -1.62. The fraction of sp³-hybridized carbons (Fsp3) is 0.333. The predicted molar refractivity (Wildman–Crippen MR) is 104 cm³/mol. The van der Waals surface area contributed by atoms with Crippen LogP contribution in [0.2, 0.25) is 0 Å². The fourth-order valence-corrected chi connectivity index (χ4v) is 2.14. The number of halogens is 2. The summed E-state index contributed by atoms with van der Waals surface area (Å²) in [5, 5.41) is 6.16. The Morgan fingerprint density at radius 3 is 2.38 bits per heavy atom. The molecule has 0 unspecified atom stereocenters. The Morgan fingerprint density at radius 2 is 1.71 bits per heavy atom. The quantitative estimate of drug-likeness (QED) is 0.732. The van der Waals surface area contributed by atoms with Crippen molar-refractivity contribution in [3.05, 3.63) is 53.9 Å². The normalized spacial score (nSPS) is 9.58. The summed E-state index contributed by atoms with van der Waals surface area (Å²) in [6.07, 6.45) is 4.48. The maximum atomic E-state index is 12.1. The summed E-state index contributed by atoms with van der Waals surface area (Å²) in [6, 6.07) is 10.1. The number of hydrogen-bond donors (Lipinski definition) is 2. The number of rotatable bonds is 7. The van der Waals surface area contributed by atoms with Crippen LogP contribution in [0, 0.1) is 6.92 Å². The zero-order valence-electron chi connectivity index (χ0n) is 14.0. The van der Waals surface area contributed by atoms with Gasteiger partial charge in [0.05, 0.1) is 5.56 Å². The van der Waals surface area contributed by atoms with Gasteiger partial charge in [0.1, 0.15) is 0 Å². The minimum atomic E-state index is -0.0836. The Kier molecular flexibility index (Phi) is 11.0. The van der Waals surface area contributed by atoms with Crippen molar-refractivity contribution in [1.82, 2.24) is 15.6 Å². The molecule has 0 atom stereocenters. The van der Waals surface area contributed by atoms with Gasteiger partial charge in [0, 0.05) is 31.0 Å². The molecule has 0 saturated carbocycles. The second kappa shape index (κ2) is 11.8. The van der Waals surface area contributed by atoms with Crippen LogP contribution in [-0.2, 0) is 0 Å². The van der Waals surface area contributed by atoms with Gasteiger partial charge < -0.3 is 10.6 Å². The van der Waals surface area contributed by atoms with Crippen LogP contribution in [0.15, 0.2) is 42.7 Å². The first-order valence-electron chi connectivity index (χ1n) is 7.71. The molecule has 1 aromatic carbocycles. The van der Waals surface area contributed by atoms with Crippen molar-refractivity contribution in [1.29, 1.82) is 0 Å². The zero-order valence-corrected chi connectivity index (χ0v) is 15.7. The number of benzene rings is 1. The molecule has 2 aromatic rings. The van der Waals surface area contributed by atoms with Crippen molar-refractivity contribution in [2.24, 2.45) is 0 Å². The number of pyridine rings is 1. The van der Waals surface area contributed by atoms with Gasteiger partial charge in [0.2, 0.25) is 0 Å². The Bertz CT molecular complexity index is 618. The van der Waals surface area contributed by atoms with Crippen LogP contribution in [-0.4, -0.2) is 30.5 Å². The van der Waals surface area contributed by atoms with Gasteiger partial charge in [-0.2, -0.15) is 0 Å². The summed E-state index contributed by atoms with van der Waals surface area (Å²) in [4.78, 5) is 16.3. The monoisotopic (exact) mass is 369 g/mol. The number of aryl methyl sites for hydroxylation is 1. The first-order chi connectivity index (χ1) is 10.7. The summed E-state index contributed by atoms with van der Waals surface area (Å²) in [6.45, 7) is 6.55. The number of amides is 1. The molecule has 0 aliphatic heterocycles. The topological polar surface area (TPSA) is 54.0 Å². The van der Waals surface area contributed by atoms with Crippen LogP contribution in [0.3, 0.4) is 0 Å². The molecule has 2 N–H and O–H groups in total. The lowest BCUT2D eigenvalue weighted by atomic mass is 10.0. The third-order valence-corrected chi connectivity index (χ3v) is 3.40. The molecule has 2 rings (SSSR count). The van der Waals surface area contributed by atoms with Gasteiger partial charge in [-0.05, 0) is 31.5 Å². The average molecular weight is 370 g/mol. The van der Waals surface area contributed by atoms with Crippen LogP contribution in [0.5, 0.6) is 0 Å². The predicted octanol–water partition coefficient (Wildman–Crippen LogP) is 3.63. The maximum Gasteiger partial charge on any atom is 0.252 e. The largest absolute Gasteiger partial charge is 0.351 e. The number of nitrogens with one attached hydrogen (secondary N) is 2. The van der Waals surface area contributed by atoms with E-state index < -0.39 is 0 Å². The highest BCUT2D eigenvalue weighted by Crippen LogP contribution is 2.19. The molecule has 1 heterocycles. The molecule has 132 valence electrons. The van der Waals surface area contributed by atoms with E-state index in [0.717, 1.165) is 30.6 Å². The molecule has 24 heavy (non-hydrogen) atoms. The maximum absolute atomic E-state index is 12.1. The minimum Gasteiger partial charge on any atom is -0.351 e. The molecule has 1 amide bonds. The van der Waals surface area contributed by atoms with Gasteiger partial charge >= 0.3 is 0 Å². The highest BCUT2D eigenvalue weighted by atomic mass is 35.5. The average Bonchev–Trinajstić information content (AvgIpc) is 2.55. The van der Waals surface area contributed by atoms with Crippen molar-refractivity contribution < 1.29 is 4.79 Å². The van der Waals surface area contributed by atoms with Gasteiger partial charge in [-0.1, -0.05) is 36.8 Å². The standard InChI is InChI=1S/C18H23N3O.2ClH/c1-3-8-19-9-10-21-18(22)17-11-16(12-20-13-17)15-6-4-14(2)5-7-15;;/h4-7,11-13,19H,3,8-10H2,1-2H3,(H,21,22);2*1H. The van der Waals surface area contributed by atoms with Crippen molar-refractivity contribution in [2.45, 2.75) is 20.3 Å². The lowest BCUT2D eigenvalue weighted by Crippen LogP contribution is -2.32. The number of carbonyl (C=O) groups excluding carboxylic acids is 1. The van der Waals surface area contributed by atoms with Gasteiger partial charge in [-0.3, -0.25) is 9.78 Å². The summed E-state index contributed by atoms with van der Waals surface area (Å²) in [5.41, 5.74) is 3.83. The van der Waals surface area contributed by atoms with Crippen LogP contribution in [0.4, 0.5) is 0 Å². The molecule has 0 aliphatic carbocycles. The van der Waals surface area contributed by atoms with E-state index in [1.807, 2.05) is 18.2 Å². The van der Waals surface area contributed by atoms with Gasteiger partial charge in [-0.25, -0.2) is 0 Å². The van der Waals surface area contributed by atoms with Crippen LogP contribution < -0.4 is 10.6 Å². The van der Waals surface area contributed by atoms with Crippen molar-refractivity contribution in [3.8, 4) is 11.1 Å². The van der Waals surface area contributed by atoms with E-state index in [1.165, 1.54) is 5.56 Å². The van der Waals surface area contributed by atoms with E-state index >= 15 is 0 Å². The third kappa shape index (κ3) is 6.87. The SMILES string of the molecule is CCCNCCNC(=O)c1cncc(-c2ccc(C)cc2)c1.Cl.Cl. The summed E-state index contributed by atoms with van der Waals surface area (Å²) in [7, 11) is 0. The Balaban J connectivity index is 0.00000264. The molecule has 0 saturated heterocycles. The number of hydrogen-bond acceptors (Lipinski definition) is 3. The molecule has 0 bridgehead atoms. The summed E-state index contributed by atoms with van der Waals surface area (Å²) in [5.74, 6) is -0.0836. The van der Waals surface area contributed by atoms with Gasteiger partial charge in [-0.15, -0.1) is 24.8 Å². The van der Waals surface area contributed by atoms with E-state index in [4.69, 9.17) is 0 Å². The highest BCUT2D eigenvalue weighted by Gasteiger charge is 2.07. The number of carbonyl (C=O) groups is 1. The van der Waals surface area contributed by atoms with Gasteiger partial charge in [0.15, 0.2) is 0 Å². The highest BCUT2D eigenvalue weighted by molar-refractivity contribution is 5.95. The molecule has 1 aromatic heterocycles. The molecule has 4 nitrogen and oxygen atoms in total. The van der Waals surface area contributed by atoms with E-state index in [2.05, 4.69) is 41.6 Å². The van der Waals surface area contributed by atoms with Crippen molar-refractivity contribution in [2.75, 3.05) is 19.6 Å². The Labute approximate surface area is 156 Å². The first-order valence-corrected chi connectivity index (χ1v) is 7.71. The second-order valence-electron chi connectivity index (χ2n) is 5.33. The number of nitrogens with zero attached hydrogens (tertiary/aromatic N) is 1. The lowest BCUT2D eigenvalue weighted by Gasteiger charge is -2.07.